The van der Waals surface area contributed by atoms with Crippen LogP contribution < -0.4 is 5.32 Å². The van der Waals surface area contributed by atoms with Crippen molar-refractivity contribution in [1.29, 1.82) is 0 Å². The van der Waals surface area contributed by atoms with Crippen LogP contribution in [-0.2, 0) is 4.79 Å². The second-order valence-corrected chi connectivity index (χ2v) is 5.48. The van der Waals surface area contributed by atoms with Crippen LogP contribution in [0.1, 0.15) is 26.7 Å². The standard InChI is InChI=1S/C13H25N3O3/c1-10(12(17)18)8-15(3)13(19)14-11(2)9-16-6-4-5-7-16/h10-11H,4-9H2,1-3H3,(H,14,19)(H,17,18). The molecule has 6 heteroatoms. The number of nitrogens with zero attached hydrogens (tertiary/aromatic N) is 2. The number of carbonyl (C=O) groups excluding carboxylic acids is 1. The van der Waals surface area contributed by atoms with Gasteiger partial charge in [-0.15, -0.1) is 0 Å². The third kappa shape index (κ3) is 5.46. The van der Waals surface area contributed by atoms with Crippen molar-refractivity contribution in [3.05, 3.63) is 0 Å². The quantitative estimate of drug-likeness (QED) is 0.750. The molecule has 1 heterocycles. The van der Waals surface area contributed by atoms with Crippen molar-refractivity contribution in [2.45, 2.75) is 32.7 Å². The Morgan fingerprint density at radius 2 is 1.89 bits per heavy atom. The average Bonchev–Trinajstić information content (AvgIpc) is 2.80. The van der Waals surface area contributed by atoms with Gasteiger partial charge in [-0.3, -0.25) is 4.79 Å². The predicted octanol–water partition coefficient (Wildman–Crippen LogP) is 0.833. The van der Waals surface area contributed by atoms with Crippen molar-refractivity contribution >= 4 is 12.0 Å². The maximum absolute atomic E-state index is 11.9. The maximum atomic E-state index is 11.9. The molecule has 6 nitrogen and oxygen atoms in total. The van der Waals surface area contributed by atoms with Gasteiger partial charge in [0.2, 0.25) is 0 Å². The molecule has 1 fully saturated rings. The molecule has 2 N–H and O–H groups in total. The van der Waals surface area contributed by atoms with Gasteiger partial charge in [-0.1, -0.05) is 6.92 Å². The Labute approximate surface area is 114 Å². The van der Waals surface area contributed by atoms with E-state index < -0.39 is 11.9 Å². The van der Waals surface area contributed by atoms with Crippen LogP contribution in [0.15, 0.2) is 0 Å². The van der Waals surface area contributed by atoms with Gasteiger partial charge >= 0.3 is 12.0 Å². The molecule has 1 aliphatic heterocycles. The van der Waals surface area contributed by atoms with Crippen molar-refractivity contribution in [2.24, 2.45) is 5.92 Å². The predicted molar refractivity (Wildman–Crippen MR) is 73.1 cm³/mol. The average molecular weight is 271 g/mol. The Kier molecular flexibility index (Phi) is 6.08. The van der Waals surface area contributed by atoms with Gasteiger partial charge in [0.25, 0.3) is 0 Å². The molecule has 1 saturated heterocycles. The monoisotopic (exact) mass is 271 g/mol. The zero-order valence-corrected chi connectivity index (χ0v) is 12.1. The molecule has 1 aliphatic rings. The van der Waals surface area contributed by atoms with E-state index >= 15 is 0 Å². The molecular formula is C13H25N3O3. The number of urea groups is 1. The van der Waals surface area contributed by atoms with Crippen LogP contribution in [0.2, 0.25) is 0 Å². The van der Waals surface area contributed by atoms with Gasteiger partial charge in [0.15, 0.2) is 0 Å². The highest BCUT2D eigenvalue weighted by Gasteiger charge is 2.20. The largest absolute Gasteiger partial charge is 0.481 e. The SMILES string of the molecule is CC(CN1CCCC1)NC(=O)N(C)CC(C)C(=O)O. The molecular weight excluding hydrogens is 246 g/mol. The minimum absolute atomic E-state index is 0.0770. The van der Waals surface area contributed by atoms with Crippen molar-refractivity contribution < 1.29 is 14.7 Å². The molecule has 2 unspecified atom stereocenters. The first-order chi connectivity index (χ1) is 8.90. The number of aliphatic carboxylic acids is 1. The van der Waals surface area contributed by atoms with Gasteiger partial charge in [-0.2, -0.15) is 0 Å². The lowest BCUT2D eigenvalue weighted by atomic mass is 10.2. The van der Waals surface area contributed by atoms with E-state index in [9.17, 15) is 9.59 Å². The summed E-state index contributed by atoms with van der Waals surface area (Å²) >= 11 is 0. The lowest BCUT2D eigenvalue weighted by Gasteiger charge is -2.25. The number of nitrogens with one attached hydrogen (secondary N) is 1. The molecule has 0 bridgehead atoms. The molecule has 19 heavy (non-hydrogen) atoms. The van der Waals surface area contributed by atoms with Crippen LogP contribution in [0, 0.1) is 5.92 Å². The van der Waals surface area contributed by atoms with E-state index in [2.05, 4.69) is 10.2 Å². The third-order valence-electron chi connectivity index (χ3n) is 3.42. The van der Waals surface area contributed by atoms with Gasteiger partial charge in [0, 0.05) is 26.2 Å². The summed E-state index contributed by atoms with van der Waals surface area (Å²) in [6, 6.07) is -0.131. The van der Waals surface area contributed by atoms with E-state index in [1.54, 1.807) is 14.0 Å². The Bertz CT molecular complexity index is 316. The molecule has 2 atom stereocenters. The third-order valence-corrected chi connectivity index (χ3v) is 3.42. The molecule has 110 valence electrons. The summed E-state index contributed by atoms with van der Waals surface area (Å²) in [5.41, 5.74) is 0. The van der Waals surface area contributed by atoms with Gasteiger partial charge in [0.1, 0.15) is 0 Å². The van der Waals surface area contributed by atoms with Gasteiger partial charge in [-0.05, 0) is 32.9 Å². The molecule has 0 aromatic rings. The Morgan fingerprint density at radius 1 is 1.32 bits per heavy atom. The second-order valence-electron chi connectivity index (χ2n) is 5.48. The number of carbonyl (C=O) groups is 2. The summed E-state index contributed by atoms with van der Waals surface area (Å²) < 4.78 is 0. The summed E-state index contributed by atoms with van der Waals surface area (Å²) in [5, 5.41) is 11.7. The van der Waals surface area contributed by atoms with Crippen molar-refractivity contribution in [2.75, 3.05) is 33.2 Å². The normalized spacial score (nSPS) is 18.9. The summed E-state index contributed by atoms with van der Waals surface area (Å²) in [6.07, 6.45) is 2.47. The molecule has 2 amide bonds. The highest BCUT2D eigenvalue weighted by molar-refractivity contribution is 5.75. The van der Waals surface area contributed by atoms with E-state index in [1.165, 1.54) is 17.7 Å². The lowest BCUT2D eigenvalue weighted by molar-refractivity contribution is -0.141. The van der Waals surface area contributed by atoms with E-state index in [1.807, 2.05) is 6.92 Å². The van der Waals surface area contributed by atoms with Crippen LogP contribution in [0.3, 0.4) is 0 Å². The molecule has 0 spiro atoms. The van der Waals surface area contributed by atoms with E-state index in [0.717, 1.165) is 19.6 Å². The zero-order chi connectivity index (χ0) is 14.4. The number of carboxylic acids is 1. The fourth-order valence-electron chi connectivity index (χ4n) is 2.29. The molecule has 0 saturated carbocycles. The molecule has 0 aromatic heterocycles. The van der Waals surface area contributed by atoms with Crippen molar-refractivity contribution in [3.8, 4) is 0 Å². The number of hydrogen-bond acceptors (Lipinski definition) is 3. The van der Waals surface area contributed by atoms with Crippen molar-refractivity contribution in [3.63, 3.8) is 0 Å². The summed E-state index contributed by atoms with van der Waals surface area (Å²) in [5.74, 6) is -1.44. The van der Waals surface area contributed by atoms with Crippen LogP contribution in [0.25, 0.3) is 0 Å². The lowest BCUT2D eigenvalue weighted by Crippen LogP contribution is -2.47. The Balaban J connectivity index is 2.29. The number of hydrogen-bond donors (Lipinski definition) is 2. The van der Waals surface area contributed by atoms with Crippen molar-refractivity contribution in [1.82, 2.24) is 15.1 Å². The second kappa shape index (κ2) is 7.33. The fourth-order valence-corrected chi connectivity index (χ4v) is 2.29. The summed E-state index contributed by atoms with van der Waals surface area (Å²) in [6.45, 7) is 6.86. The first-order valence-electron chi connectivity index (χ1n) is 6.87. The van der Waals surface area contributed by atoms with E-state index in [4.69, 9.17) is 5.11 Å². The van der Waals surface area contributed by atoms with Gasteiger partial charge in [0.05, 0.1) is 5.92 Å². The highest BCUT2D eigenvalue weighted by atomic mass is 16.4. The first-order valence-corrected chi connectivity index (χ1v) is 6.87. The minimum Gasteiger partial charge on any atom is -0.481 e. The van der Waals surface area contributed by atoms with E-state index in [0.29, 0.717) is 0 Å². The Hall–Kier alpha value is -1.30. The fraction of sp³-hybridized carbons (Fsp3) is 0.846. The molecule has 1 rings (SSSR count). The number of rotatable bonds is 6. The topological polar surface area (TPSA) is 72.9 Å². The zero-order valence-electron chi connectivity index (χ0n) is 12.1. The molecule has 0 aromatic carbocycles. The number of likely N-dealkylation sites (tertiary alicyclic amines) is 1. The Morgan fingerprint density at radius 3 is 2.42 bits per heavy atom. The number of carboxylic acid groups (broad SMARTS) is 1. The minimum atomic E-state index is -0.884. The van der Waals surface area contributed by atoms with Crippen LogP contribution >= 0.6 is 0 Å². The van der Waals surface area contributed by atoms with Crippen LogP contribution in [0.4, 0.5) is 4.79 Å². The van der Waals surface area contributed by atoms with Crippen LogP contribution in [0.5, 0.6) is 0 Å². The summed E-state index contributed by atoms with van der Waals surface area (Å²) in [7, 11) is 1.62. The summed E-state index contributed by atoms with van der Waals surface area (Å²) in [4.78, 5) is 26.4. The van der Waals surface area contributed by atoms with Gasteiger partial charge < -0.3 is 20.2 Å². The first kappa shape index (κ1) is 15.8. The molecule has 0 radical (unpaired) electrons. The van der Waals surface area contributed by atoms with Crippen LogP contribution in [-0.4, -0.2) is 66.2 Å². The molecule has 0 aliphatic carbocycles. The van der Waals surface area contributed by atoms with Gasteiger partial charge in [-0.25, -0.2) is 4.79 Å². The maximum Gasteiger partial charge on any atom is 0.317 e. The highest BCUT2D eigenvalue weighted by Crippen LogP contribution is 2.07. The van der Waals surface area contributed by atoms with E-state index in [-0.39, 0.29) is 18.6 Å². The number of amides is 2. The smallest absolute Gasteiger partial charge is 0.317 e.